The topological polar surface area (TPSA) is 39.7 Å². The summed E-state index contributed by atoms with van der Waals surface area (Å²) >= 11 is 1.76. The highest BCUT2D eigenvalue weighted by atomic mass is 32.2. The molecule has 1 unspecified atom stereocenters. The van der Waals surface area contributed by atoms with Crippen LogP contribution >= 0.6 is 11.8 Å². The van der Waals surface area contributed by atoms with Gasteiger partial charge in [0.05, 0.1) is 5.75 Å². The average Bonchev–Trinajstić information content (AvgIpc) is 2.67. The van der Waals surface area contributed by atoms with E-state index in [2.05, 4.69) is 52.6 Å². The number of carbonyl (C=O) groups excluding carboxylic acids is 1. The van der Waals surface area contributed by atoms with Gasteiger partial charge in [-0.15, -0.1) is 11.8 Å². The predicted molar refractivity (Wildman–Crippen MR) is 114 cm³/mol. The number of anilines is 1. The molecular formula is C21H34N4OS. The van der Waals surface area contributed by atoms with Crippen molar-refractivity contribution in [3.63, 3.8) is 0 Å². The first kappa shape index (κ1) is 20.5. The molecule has 0 radical (unpaired) electrons. The van der Waals surface area contributed by atoms with E-state index in [0.717, 1.165) is 58.1 Å². The van der Waals surface area contributed by atoms with Crippen molar-refractivity contribution >= 4 is 23.5 Å². The molecule has 1 aromatic rings. The van der Waals surface area contributed by atoms with Gasteiger partial charge in [0.2, 0.25) is 5.91 Å². The van der Waals surface area contributed by atoms with Crippen LogP contribution < -0.4 is 4.90 Å². The van der Waals surface area contributed by atoms with Gasteiger partial charge in [0, 0.05) is 56.8 Å². The number of hydrogen-bond acceptors (Lipinski definition) is 5. The molecule has 1 atom stereocenters. The lowest BCUT2D eigenvalue weighted by atomic mass is 9.97. The summed E-state index contributed by atoms with van der Waals surface area (Å²) < 4.78 is 0.151. The minimum absolute atomic E-state index is 0.151. The fourth-order valence-corrected chi connectivity index (χ4v) is 4.61. The van der Waals surface area contributed by atoms with Crippen LogP contribution in [0.15, 0.2) is 24.4 Å². The molecule has 0 aromatic carbocycles. The Balaban J connectivity index is 1.42. The molecule has 0 N–H and O–H groups in total. The van der Waals surface area contributed by atoms with Gasteiger partial charge in [-0.25, -0.2) is 4.98 Å². The quantitative estimate of drug-likeness (QED) is 0.773. The summed E-state index contributed by atoms with van der Waals surface area (Å²) in [5, 5.41) is 0. The van der Waals surface area contributed by atoms with Gasteiger partial charge in [0.1, 0.15) is 5.82 Å². The first-order valence-corrected chi connectivity index (χ1v) is 11.2. The summed E-state index contributed by atoms with van der Waals surface area (Å²) in [6, 6.07) is 6.12. The number of piperidine rings is 1. The number of nitrogens with zero attached hydrogens (tertiary/aromatic N) is 4. The summed E-state index contributed by atoms with van der Waals surface area (Å²) in [5.41, 5.74) is 0. The van der Waals surface area contributed by atoms with E-state index in [0.29, 0.717) is 17.6 Å². The van der Waals surface area contributed by atoms with Gasteiger partial charge in [-0.2, -0.15) is 0 Å². The predicted octanol–water partition coefficient (Wildman–Crippen LogP) is 2.97. The summed E-state index contributed by atoms with van der Waals surface area (Å²) in [6.45, 7) is 13.8. The van der Waals surface area contributed by atoms with Crippen molar-refractivity contribution in [2.75, 3.05) is 56.5 Å². The summed E-state index contributed by atoms with van der Waals surface area (Å²) in [5.74, 6) is 2.63. The van der Waals surface area contributed by atoms with Crippen LogP contribution in [0.25, 0.3) is 0 Å². The molecule has 0 saturated carbocycles. The SMILES string of the molecule is CC(C)(C)SCC(=O)N1CCCC(CN2CCN(c3ccccn3)CC2)C1. The molecule has 0 spiro atoms. The van der Waals surface area contributed by atoms with Crippen molar-refractivity contribution in [1.29, 1.82) is 0 Å². The van der Waals surface area contributed by atoms with Crippen LogP contribution in [-0.4, -0.2) is 77.0 Å². The molecule has 5 nitrogen and oxygen atoms in total. The van der Waals surface area contributed by atoms with Crippen LogP contribution in [0.1, 0.15) is 33.6 Å². The Labute approximate surface area is 168 Å². The number of piperazine rings is 1. The van der Waals surface area contributed by atoms with Crippen LogP contribution in [0.2, 0.25) is 0 Å². The second-order valence-electron chi connectivity index (χ2n) is 8.72. The summed E-state index contributed by atoms with van der Waals surface area (Å²) in [7, 11) is 0. The first-order valence-electron chi connectivity index (χ1n) is 10.2. The fourth-order valence-electron chi connectivity index (χ4n) is 3.88. The van der Waals surface area contributed by atoms with Gasteiger partial charge in [-0.3, -0.25) is 9.69 Å². The Morgan fingerprint density at radius 2 is 1.96 bits per heavy atom. The molecule has 27 heavy (non-hydrogen) atoms. The number of likely N-dealkylation sites (tertiary alicyclic amines) is 1. The van der Waals surface area contributed by atoms with Crippen LogP contribution in [0.5, 0.6) is 0 Å². The molecule has 1 amide bonds. The Bertz CT molecular complexity index is 596. The van der Waals surface area contributed by atoms with Crippen molar-refractivity contribution in [3.8, 4) is 0 Å². The molecule has 1 aromatic heterocycles. The lowest BCUT2D eigenvalue weighted by Gasteiger charge is -2.39. The van der Waals surface area contributed by atoms with Crippen LogP contribution in [-0.2, 0) is 4.79 Å². The number of pyridine rings is 1. The molecule has 0 bridgehead atoms. The van der Waals surface area contributed by atoms with E-state index in [9.17, 15) is 4.79 Å². The number of amides is 1. The first-order chi connectivity index (χ1) is 12.9. The van der Waals surface area contributed by atoms with E-state index >= 15 is 0 Å². The smallest absolute Gasteiger partial charge is 0.232 e. The van der Waals surface area contributed by atoms with Crippen molar-refractivity contribution in [1.82, 2.24) is 14.8 Å². The van der Waals surface area contributed by atoms with Crippen LogP contribution in [0, 0.1) is 5.92 Å². The van der Waals surface area contributed by atoms with E-state index in [1.165, 1.54) is 6.42 Å². The average molecular weight is 391 g/mol. The molecule has 3 rings (SSSR count). The van der Waals surface area contributed by atoms with Gasteiger partial charge in [-0.1, -0.05) is 26.8 Å². The monoisotopic (exact) mass is 390 g/mol. The standard InChI is InChI=1S/C21H34N4OS/c1-21(2,3)27-17-20(26)25-10-6-7-18(16-25)15-23-11-13-24(14-12-23)19-8-4-5-9-22-19/h4-5,8-9,18H,6-7,10-17H2,1-3H3. The number of rotatable bonds is 5. The number of thioether (sulfide) groups is 1. The Kier molecular flexibility index (Phi) is 7.04. The number of carbonyl (C=O) groups is 1. The van der Waals surface area contributed by atoms with E-state index in [1.807, 2.05) is 12.3 Å². The summed E-state index contributed by atoms with van der Waals surface area (Å²) in [6.07, 6.45) is 4.26. The third-order valence-electron chi connectivity index (χ3n) is 5.36. The van der Waals surface area contributed by atoms with Gasteiger partial charge in [0.25, 0.3) is 0 Å². The normalized spacial score (nSPS) is 22.1. The summed E-state index contributed by atoms with van der Waals surface area (Å²) in [4.78, 5) is 24.1. The third-order valence-corrected chi connectivity index (χ3v) is 6.62. The Morgan fingerprint density at radius 1 is 1.19 bits per heavy atom. The van der Waals surface area contributed by atoms with Crippen molar-refractivity contribution in [2.24, 2.45) is 5.92 Å². The lowest BCUT2D eigenvalue weighted by Crippen LogP contribution is -2.50. The maximum Gasteiger partial charge on any atom is 0.232 e. The molecule has 3 heterocycles. The van der Waals surface area contributed by atoms with E-state index in [4.69, 9.17) is 0 Å². The van der Waals surface area contributed by atoms with Crippen molar-refractivity contribution in [3.05, 3.63) is 24.4 Å². The third kappa shape index (κ3) is 6.39. The van der Waals surface area contributed by atoms with Gasteiger partial charge < -0.3 is 9.80 Å². The fraction of sp³-hybridized carbons (Fsp3) is 0.714. The zero-order valence-electron chi connectivity index (χ0n) is 17.1. The van der Waals surface area contributed by atoms with Crippen LogP contribution in [0.3, 0.4) is 0 Å². The van der Waals surface area contributed by atoms with E-state index < -0.39 is 0 Å². The molecule has 2 saturated heterocycles. The largest absolute Gasteiger partial charge is 0.354 e. The minimum atomic E-state index is 0.151. The van der Waals surface area contributed by atoms with E-state index in [-0.39, 0.29) is 4.75 Å². The molecule has 150 valence electrons. The molecule has 0 aliphatic carbocycles. The second kappa shape index (κ2) is 9.28. The van der Waals surface area contributed by atoms with Gasteiger partial charge >= 0.3 is 0 Å². The van der Waals surface area contributed by atoms with Crippen molar-refractivity contribution < 1.29 is 4.79 Å². The van der Waals surface area contributed by atoms with Gasteiger partial charge in [-0.05, 0) is 30.9 Å². The number of hydrogen-bond donors (Lipinski definition) is 0. The Hall–Kier alpha value is -1.27. The number of aromatic nitrogens is 1. The molecule has 6 heteroatoms. The zero-order valence-corrected chi connectivity index (χ0v) is 17.9. The molecule has 2 fully saturated rings. The van der Waals surface area contributed by atoms with Crippen LogP contribution in [0.4, 0.5) is 5.82 Å². The minimum Gasteiger partial charge on any atom is -0.354 e. The molecule has 2 aliphatic rings. The molecular weight excluding hydrogens is 356 g/mol. The molecule has 2 aliphatic heterocycles. The zero-order chi connectivity index (χ0) is 19.3. The maximum absolute atomic E-state index is 12.6. The second-order valence-corrected chi connectivity index (χ2v) is 10.5. The lowest BCUT2D eigenvalue weighted by molar-refractivity contribution is -0.130. The highest BCUT2D eigenvalue weighted by molar-refractivity contribution is 8.01. The Morgan fingerprint density at radius 3 is 2.63 bits per heavy atom. The van der Waals surface area contributed by atoms with Gasteiger partial charge in [0.15, 0.2) is 0 Å². The van der Waals surface area contributed by atoms with Crippen molar-refractivity contribution in [2.45, 2.75) is 38.4 Å². The van der Waals surface area contributed by atoms with E-state index in [1.54, 1.807) is 11.8 Å². The maximum atomic E-state index is 12.6. The highest BCUT2D eigenvalue weighted by Gasteiger charge is 2.27. The highest BCUT2D eigenvalue weighted by Crippen LogP contribution is 2.25.